The Labute approximate surface area is 233 Å². The van der Waals surface area contributed by atoms with Gasteiger partial charge in [-0.05, 0) is 62.1 Å². The van der Waals surface area contributed by atoms with Crippen LogP contribution >= 0.6 is 11.6 Å². The van der Waals surface area contributed by atoms with Crippen LogP contribution in [0.15, 0.2) is 48.5 Å². The summed E-state index contributed by atoms with van der Waals surface area (Å²) in [6.07, 6.45) is 1.24. The van der Waals surface area contributed by atoms with Gasteiger partial charge in [-0.25, -0.2) is 4.39 Å². The Balaban J connectivity index is 1.54. The number of likely N-dealkylation sites (tertiary alicyclic amines) is 2. The molecule has 10 heteroatoms. The van der Waals surface area contributed by atoms with E-state index in [9.17, 15) is 18.8 Å². The average molecular weight is 559 g/mol. The van der Waals surface area contributed by atoms with Gasteiger partial charge in [0.15, 0.2) is 0 Å². The molecule has 3 amide bonds. The Hall–Kier alpha value is -3.01. The van der Waals surface area contributed by atoms with Crippen molar-refractivity contribution in [3.63, 3.8) is 0 Å². The third-order valence-corrected chi connectivity index (χ3v) is 7.91. The highest BCUT2D eigenvalue weighted by Gasteiger charge is 2.56. The number of nitrogens with zero attached hydrogens (tertiary/aromatic N) is 2. The van der Waals surface area contributed by atoms with Crippen LogP contribution in [-0.4, -0.2) is 72.4 Å². The van der Waals surface area contributed by atoms with Gasteiger partial charge in [0.1, 0.15) is 11.9 Å². The van der Waals surface area contributed by atoms with E-state index in [1.165, 1.54) is 12.1 Å². The number of carbonyl (C=O) groups excluding carboxylic acids is 3. The molecule has 1 spiro atoms. The van der Waals surface area contributed by atoms with E-state index < -0.39 is 22.9 Å². The molecule has 210 valence electrons. The van der Waals surface area contributed by atoms with Gasteiger partial charge in [-0.2, -0.15) is 0 Å². The molecule has 4 rings (SSSR count). The van der Waals surface area contributed by atoms with Crippen LogP contribution < -0.4 is 11.1 Å². The molecule has 2 aliphatic rings. The van der Waals surface area contributed by atoms with Crippen LogP contribution in [0.1, 0.15) is 43.7 Å². The number of amides is 3. The molecule has 3 atom stereocenters. The fourth-order valence-electron chi connectivity index (χ4n) is 5.53. The van der Waals surface area contributed by atoms with Crippen molar-refractivity contribution in [3.05, 3.63) is 70.5 Å². The van der Waals surface area contributed by atoms with Crippen molar-refractivity contribution < 1.29 is 23.5 Å². The summed E-state index contributed by atoms with van der Waals surface area (Å²) in [7, 11) is 1.76. The quantitative estimate of drug-likeness (QED) is 0.518. The molecule has 0 aliphatic carbocycles. The summed E-state index contributed by atoms with van der Waals surface area (Å²) in [5.41, 5.74) is 5.70. The lowest BCUT2D eigenvalue weighted by molar-refractivity contribution is -0.147. The van der Waals surface area contributed by atoms with Crippen molar-refractivity contribution in [1.82, 2.24) is 15.1 Å². The van der Waals surface area contributed by atoms with Crippen LogP contribution in [0, 0.1) is 11.2 Å². The van der Waals surface area contributed by atoms with Crippen LogP contribution in [0.4, 0.5) is 4.39 Å². The molecule has 2 fully saturated rings. The smallest absolute Gasteiger partial charge is 0.247 e. The lowest BCUT2D eigenvalue weighted by Gasteiger charge is -2.43. The van der Waals surface area contributed by atoms with Crippen LogP contribution in [-0.2, 0) is 25.7 Å². The summed E-state index contributed by atoms with van der Waals surface area (Å²) in [5, 5.41) is 3.37. The molecule has 0 aromatic heterocycles. The molecule has 2 saturated heterocycles. The molecule has 0 radical (unpaired) electrons. The number of carbonyl (C=O) groups is 3. The Morgan fingerprint density at radius 3 is 2.51 bits per heavy atom. The number of ether oxygens (including phenoxy) is 1. The Morgan fingerprint density at radius 1 is 1.21 bits per heavy atom. The average Bonchev–Trinajstić information content (AvgIpc) is 3.13. The number of hydrogen-bond acceptors (Lipinski definition) is 5. The molecule has 2 unspecified atom stereocenters. The van der Waals surface area contributed by atoms with Crippen molar-refractivity contribution in [3.8, 4) is 0 Å². The van der Waals surface area contributed by atoms with E-state index in [0.717, 1.165) is 11.1 Å². The second-order valence-corrected chi connectivity index (χ2v) is 11.6. The Kier molecular flexibility index (Phi) is 8.63. The van der Waals surface area contributed by atoms with E-state index in [-0.39, 0.29) is 43.3 Å². The molecular formula is C29H36ClFN4O4. The first-order valence-electron chi connectivity index (χ1n) is 13.1. The van der Waals surface area contributed by atoms with Gasteiger partial charge in [0, 0.05) is 37.6 Å². The van der Waals surface area contributed by atoms with E-state index >= 15 is 0 Å². The summed E-state index contributed by atoms with van der Waals surface area (Å²) >= 11 is 5.96. The van der Waals surface area contributed by atoms with Gasteiger partial charge in [-0.15, -0.1) is 0 Å². The Bertz CT molecular complexity index is 1200. The zero-order valence-electron chi connectivity index (χ0n) is 22.6. The number of hydrogen-bond donors (Lipinski definition) is 2. The summed E-state index contributed by atoms with van der Waals surface area (Å²) in [5.74, 6) is -1.38. The first-order chi connectivity index (χ1) is 18.4. The minimum atomic E-state index is -1.20. The summed E-state index contributed by atoms with van der Waals surface area (Å²) in [4.78, 5) is 43.5. The first kappa shape index (κ1) is 29.0. The normalized spacial score (nSPS) is 22.3. The van der Waals surface area contributed by atoms with Gasteiger partial charge in [0.25, 0.3) is 0 Å². The SMILES string of the molecule is CN1CC(c2ccc(F)cc2)C2(CCCN(C(=O)[C@@H](COCc3ccc(Cl)cc3)NC(=O)C(C)(C)N)C2)C1=O. The highest BCUT2D eigenvalue weighted by Crippen LogP contribution is 2.49. The van der Waals surface area contributed by atoms with Gasteiger partial charge in [0.05, 0.1) is 24.2 Å². The maximum atomic E-state index is 13.9. The standard InChI is InChI=1S/C29H36ClFN4O4/c1-28(2,32)26(37)33-24(17-39-16-19-5-9-21(30)10-6-19)25(36)35-14-4-13-29(18-35)23(15-34(3)27(29)38)20-7-11-22(31)12-8-20/h5-12,23-24H,4,13-18,32H2,1-3H3,(H,33,37)/t23?,24-,29?/m1/s1. The largest absolute Gasteiger partial charge is 0.374 e. The Morgan fingerprint density at radius 2 is 1.87 bits per heavy atom. The number of nitrogens with two attached hydrogens (primary N) is 1. The molecule has 39 heavy (non-hydrogen) atoms. The number of benzene rings is 2. The molecule has 2 aliphatic heterocycles. The highest BCUT2D eigenvalue weighted by atomic mass is 35.5. The van der Waals surface area contributed by atoms with Crippen molar-refractivity contribution in [1.29, 1.82) is 0 Å². The first-order valence-corrected chi connectivity index (χ1v) is 13.5. The number of likely N-dealkylation sites (N-methyl/N-ethyl adjacent to an activating group) is 1. The molecule has 2 heterocycles. The second-order valence-electron chi connectivity index (χ2n) is 11.2. The summed E-state index contributed by atoms with van der Waals surface area (Å²) in [6.45, 7) is 4.42. The maximum Gasteiger partial charge on any atom is 0.247 e. The fraction of sp³-hybridized carbons (Fsp3) is 0.483. The van der Waals surface area contributed by atoms with Gasteiger partial charge in [0.2, 0.25) is 17.7 Å². The minimum Gasteiger partial charge on any atom is -0.374 e. The van der Waals surface area contributed by atoms with Gasteiger partial charge in [-0.3, -0.25) is 14.4 Å². The van der Waals surface area contributed by atoms with Gasteiger partial charge < -0.3 is 25.6 Å². The monoisotopic (exact) mass is 558 g/mol. The van der Waals surface area contributed by atoms with Crippen LogP contribution in [0.5, 0.6) is 0 Å². The summed E-state index contributed by atoms with van der Waals surface area (Å²) < 4.78 is 19.5. The summed E-state index contributed by atoms with van der Waals surface area (Å²) in [6, 6.07) is 12.4. The number of halogens is 2. The lowest BCUT2D eigenvalue weighted by Crippen LogP contribution is -2.60. The lowest BCUT2D eigenvalue weighted by atomic mass is 9.69. The van der Waals surface area contributed by atoms with E-state index in [1.807, 2.05) is 12.1 Å². The molecule has 0 saturated carbocycles. The van der Waals surface area contributed by atoms with Crippen molar-refractivity contribution in [2.45, 2.75) is 50.8 Å². The zero-order valence-corrected chi connectivity index (χ0v) is 23.3. The van der Waals surface area contributed by atoms with E-state index in [1.54, 1.807) is 55.0 Å². The van der Waals surface area contributed by atoms with E-state index in [0.29, 0.717) is 31.0 Å². The number of rotatable bonds is 8. The van der Waals surface area contributed by atoms with Gasteiger partial charge >= 0.3 is 0 Å². The number of nitrogens with one attached hydrogen (secondary N) is 1. The maximum absolute atomic E-state index is 13.9. The van der Waals surface area contributed by atoms with E-state index in [4.69, 9.17) is 22.1 Å². The van der Waals surface area contributed by atoms with Gasteiger partial charge in [-0.1, -0.05) is 35.9 Å². The highest BCUT2D eigenvalue weighted by molar-refractivity contribution is 6.30. The predicted octanol–water partition coefficient (Wildman–Crippen LogP) is 3.08. The van der Waals surface area contributed by atoms with Crippen molar-refractivity contribution >= 4 is 29.3 Å². The molecular weight excluding hydrogens is 523 g/mol. The molecule has 3 N–H and O–H groups in total. The molecule has 8 nitrogen and oxygen atoms in total. The molecule has 2 aromatic rings. The van der Waals surface area contributed by atoms with Crippen LogP contribution in [0.3, 0.4) is 0 Å². The third kappa shape index (κ3) is 6.42. The van der Waals surface area contributed by atoms with Crippen LogP contribution in [0.25, 0.3) is 0 Å². The van der Waals surface area contributed by atoms with Crippen LogP contribution in [0.2, 0.25) is 5.02 Å². The minimum absolute atomic E-state index is 0.0306. The fourth-order valence-corrected chi connectivity index (χ4v) is 5.65. The van der Waals surface area contributed by atoms with E-state index in [2.05, 4.69) is 5.32 Å². The topological polar surface area (TPSA) is 105 Å². The third-order valence-electron chi connectivity index (χ3n) is 7.66. The molecule has 0 bridgehead atoms. The van der Waals surface area contributed by atoms with Crippen molar-refractivity contribution in [2.24, 2.45) is 11.1 Å². The van der Waals surface area contributed by atoms with Crippen molar-refractivity contribution in [2.75, 3.05) is 33.3 Å². The predicted molar refractivity (Wildman–Crippen MR) is 146 cm³/mol. The zero-order chi connectivity index (χ0) is 28.4. The molecule has 2 aromatic carbocycles. The second kappa shape index (κ2) is 11.6. The number of piperidine rings is 1.